The van der Waals surface area contributed by atoms with E-state index in [0.717, 1.165) is 5.56 Å². The van der Waals surface area contributed by atoms with E-state index >= 15 is 0 Å². The van der Waals surface area contributed by atoms with E-state index in [9.17, 15) is 24.8 Å². The number of anilines is 1. The molecule has 0 radical (unpaired) electrons. The van der Waals surface area contributed by atoms with Crippen LogP contribution in [0.3, 0.4) is 0 Å². The van der Waals surface area contributed by atoms with Crippen LogP contribution in [0.4, 0.5) is 5.69 Å². The minimum atomic E-state index is -0.825. The van der Waals surface area contributed by atoms with Crippen LogP contribution in [-0.4, -0.2) is 50.6 Å². The molecule has 2 amide bonds. The van der Waals surface area contributed by atoms with Gasteiger partial charge in [-0.15, -0.1) is 0 Å². The average molecular weight is 527 g/mol. The number of carbonyl (C=O) groups excluding carboxylic acids is 2. The van der Waals surface area contributed by atoms with Gasteiger partial charge in [-0.25, -0.2) is 4.98 Å². The maximum Gasteiger partial charge on any atom is 0.296 e. The number of rotatable bonds is 7. The summed E-state index contributed by atoms with van der Waals surface area (Å²) in [5.41, 5.74) is 1.04. The fourth-order valence-corrected chi connectivity index (χ4v) is 4.49. The van der Waals surface area contributed by atoms with Crippen LogP contribution in [0.1, 0.15) is 62.1 Å². The van der Waals surface area contributed by atoms with E-state index in [2.05, 4.69) is 21.5 Å². The van der Waals surface area contributed by atoms with Crippen molar-refractivity contribution in [3.8, 4) is 11.8 Å². The Bertz CT molecular complexity index is 1620. The first-order valence-electron chi connectivity index (χ1n) is 11.9. The Morgan fingerprint density at radius 2 is 1.90 bits per heavy atom. The van der Waals surface area contributed by atoms with Crippen LogP contribution in [0, 0.1) is 11.3 Å². The highest BCUT2D eigenvalue weighted by Crippen LogP contribution is 2.39. The van der Waals surface area contributed by atoms with Crippen molar-refractivity contribution in [2.45, 2.75) is 18.8 Å². The molecule has 2 atom stereocenters. The summed E-state index contributed by atoms with van der Waals surface area (Å²) in [6.45, 7) is 1.81. The van der Waals surface area contributed by atoms with Crippen molar-refractivity contribution in [3.63, 3.8) is 0 Å². The van der Waals surface area contributed by atoms with Gasteiger partial charge in [0.15, 0.2) is 5.69 Å². The molecule has 0 spiro atoms. The van der Waals surface area contributed by atoms with Gasteiger partial charge in [-0.05, 0) is 29.3 Å². The predicted molar refractivity (Wildman–Crippen MR) is 141 cm³/mol. The van der Waals surface area contributed by atoms with Gasteiger partial charge in [0.05, 0.1) is 17.8 Å². The van der Waals surface area contributed by atoms with Crippen molar-refractivity contribution in [2.24, 2.45) is 7.05 Å². The number of nitrogens with one attached hydrogen (secondary N) is 1. The Balaban J connectivity index is 1.90. The van der Waals surface area contributed by atoms with E-state index in [1.807, 2.05) is 30.3 Å². The van der Waals surface area contributed by atoms with Gasteiger partial charge in [-0.1, -0.05) is 42.4 Å². The Labute approximate surface area is 223 Å². The number of carbonyl (C=O) groups is 2. The average Bonchev–Trinajstić information content (AvgIpc) is 3.45. The van der Waals surface area contributed by atoms with Crippen molar-refractivity contribution in [1.29, 1.82) is 5.26 Å². The number of hydrogen-bond acceptors (Lipinski definition) is 8. The number of aromatic nitrogens is 3. The molecule has 0 saturated heterocycles. The zero-order valence-electron chi connectivity index (χ0n) is 21.7. The highest BCUT2D eigenvalue weighted by atomic mass is 16.5. The molecule has 2 aromatic heterocycles. The van der Waals surface area contributed by atoms with Crippen LogP contribution in [0.25, 0.3) is 0 Å². The smallest absolute Gasteiger partial charge is 0.296 e. The van der Waals surface area contributed by atoms with Gasteiger partial charge in [-0.2, -0.15) is 5.26 Å². The van der Waals surface area contributed by atoms with Gasteiger partial charge in [0, 0.05) is 38.5 Å². The number of nitriles is 1. The van der Waals surface area contributed by atoms with E-state index in [-0.39, 0.29) is 17.4 Å². The van der Waals surface area contributed by atoms with E-state index in [1.165, 1.54) is 29.0 Å². The molecule has 198 valence electrons. The number of hydrogen-bond donors (Lipinski definition) is 2. The molecule has 0 bridgehead atoms. The molecule has 4 rings (SSSR count). The fraction of sp³-hybridized carbons (Fsp3) is 0.214. The summed E-state index contributed by atoms with van der Waals surface area (Å²) in [5, 5.41) is 26.5. The van der Waals surface area contributed by atoms with Crippen LogP contribution in [-0.2, 0) is 7.05 Å². The molecule has 0 saturated carbocycles. The first-order valence-corrected chi connectivity index (χ1v) is 11.9. The fourth-order valence-electron chi connectivity index (χ4n) is 4.49. The van der Waals surface area contributed by atoms with E-state index in [4.69, 9.17) is 4.52 Å². The summed E-state index contributed by atoms with van der Waals surface area (Å²) >= 11 is 0. The van der Waals surface area contributed by atoms with Crippen LogP contribution in [0.15, 0.2) is 70.3 Å². The maximum absolute atomic E-state index is 13.0. The SMILES string of the molecule is C[C@H](c1nc(C(=O)Nc2cnoc2)c(O)c(=O)n1C)[C@@H](c1ccccc1)c1cc(C(=O)N(C)C)ccc1C#N. The molecule has 39 heavy (non-hydrogen) atoms. The largest absolute Gasteiger partial charge is 0.501 e. The molecule has 0 fully saturated rings. The van der Waals surface area contributed by atoms with Crippen LogP contribution in [0.2, 0.25) is 0 Å². The molecule has 11 heteroatoms. The van der Waals surface area contributed by atoms with Crippen LogP contribution >= 0.6 is 0 Å². The highest BCUT2D eigenvalue weighted by Gasteiger charge is 2.31. The zero-order valence-corrected chi connectivity index (χ0v) is 21.7. The van der Waals surface area contributed by atoms with E-state index < -0.39 is 34.7 Å². The summed E-state index contributed by atoms with van der Waals surface area (Å²) in [4.78, 5) is 44.6. The van der Waals surface area contributed by atoms with Crippen molar-refractivity contribution < 1.29 is 19.2 Å². The molecule has 0 aliphatic rings. The second-order valence-corrected chi connectivity index (χ2v) is 9.19. The summed E-state index contributed by atoms with van der Waals surface area (Å²) < 4.78 is 5.89. The summed E-state index contributed by atoms with van der Waals surface area (Å²) in [6.07, 6.45) is 2.45. The van der Waals surface area contributed by atoms with Crippen LogP contribution in [0.5, 0.6) is 5.75 Å². The molecule has 2 N–H and O–H groups in total. The number of aromatic hydroxyl groups is 1. The Morgan fingerprint density at radius 1 is 1.18 bits per heavy atom. The van der Waals surface area contributed by atoms with E-state index in [1.54, 1.807) is 39.2 Å². The molecule has 0 aliphatic carbocycles. The van der Waals surface area contributed by atoms with Gasteiger partial charge in [-0.3, -0.25) is 19.0 Å². The standard InChI is InChI=1S/C28H26N6O5/c1-16(25-32-23(24(35)28(38)34(25)4)26(36)31-20-14-30-39-15-20)22(17-8-6-5-7-9-17)21-12-18(27(37)33(2)3)10-11-19(21)13-29/h5-12,14-16,22,35H,1-4H3,(H,31,36)/t16-,22-/m0/s1. The molecule has 0 aliphatic heterocycles. The number of benzene rings is 2. The molecule has 2 aromatic carbocycles. The quantitative estimate of drug-likeness (QED) is 0.372. The first-order chi connectivity index (χ1) is 18.6. The second-order valence-electron chi connectivity index (χ2n) is 9.19. The lowest BCUT2D eigenvalue weighted by atomic mass is 9.78. The second kappa shape index (κ2) is 11.0. The third-order valence-corrected chi connectivity index (χ3v) is 6.43. The Morgan fingerprint density at radius 3 is 2.51 bits per heavy atom. The lowest BCUT2D eigenvalue weighted by molar-refractivity contribution is 0.0827. The number of nitrogens with zero attached hydrogens (tertiary/aromatic N) is 5. The van der Waals surface area contributed by atoms with Gasteiger partial charge in [0.1, 0.15) is 17.8 Å². The van der Waals surface area contributed by atoms with Crippen molar-refractivity contribution in [2.75, 3.05) is 19.4 Å². The minimum Gasteiger partial charge on any atom is -0.501 e. The monoisotopic (exact) mass is 526 g/mol. The molecule has 11 nitrogen and oxygen atoms in total. The van der Waals surface area contributed by atoms with Gasteiger partial charge < -0.3 is 19.8 Å². The molecular weight excluding hydrogens is 500 g/mol. The summed E-state index contributed by atoms with van der Waals surface area (Å²) in [7, 11) is 4.72. The van der Waals surface area contributed by atoms with Crippen molar-refractivity contribution in [3.05, 3.63) is 105 Å². The molecular formula is C28H26N6O5. The first kappa shape index (κ1) is 26.8. The van der Waals surface area contributed by atoms with Gasteiger partial charge in [0.2, 0.25) is 5.75 Å². The summed E-state index contributed by atoms with van der Waals surface area (Å²) in [6, 6.07) is 16.4. The lowest BCUT2D eigenvalue weighted by Crippen LogP contribution is -2.29. The summed E-state index contributed by atoms with van der Waals surface area (Å²) in [5.74, 6) is -2.82. The molecule has 2 heterocycles. The van der Waals surface area contributed by atoms with Gasteiger partial charge >= 0.3 is 0 Å². The zero-order chi connectivity index (χ0) is 28.3. The van der Waals surface area contributed by atoms with E-state index in [0.29, 0.717) is 16.7 Å². The maximum atomic E-state index is 13.0. The topological polar surface area (TPSA) is 154 Å². The van der Waals surface area contributed by atoms with Gasteiger partial charge in [0.25, 0.3) is 17.4 Å². The van der Waals surface area contributed by atoms with Crippen molar-refractivity contribution >= 4 is 17.5 Å². The lowest BCUT2D eigenvalue weighted by Gasteiger charge is -2.27. The van der Waals surface area contributed by atoms with Crippen LogP contribution < -0.4 is 10.9 Å². The predicted octanol–water partition coefficient (Wildman–Crippen LogP) is 3.24. The number of amides is 2. The molecule has 0 unspecified atom stereocenters. The normalized spacial score (nSPS) is 12.3. The Hall–Kier alpha value is -5.24. The molecule has 4 aromatic rings. The highest BCUT2D eigenvalue weighted by molar-refractivity contribution is 6.04. The minimum absolute atomic E-state index is 0.190. The third kappa shape index (κ3) is 5.26. The third-order valence-electron chi connectivity index (χ3n) is 6.43. The Kier molecular flexibility index (Phi) is 7.58. The van der Waals surface area contributed by atoms with Crippen molar-refractivity contribution in [1.82, 2.24) is 19.6 Å².